The molecule has 0 spiro atoms. The highest BCUT2D eigenvalue weighted by molar-refractivity contribution is 5.70. The Morgan fingerprint density at radius 1 is 0.714 bits per heavy atom. The van der Waals surface area contributed by atoms with Gasteiger partial charge in [-0.3, -0.25) is 9.59 Å². The first kappa shape index (κ1) is 24.2. The van der Waals surface area contributed by atoms with Gasteiger partial charge in [-0.05, 0) is 32.9 Å². The molecule has 1 aromatic rings. The van der Waals surface area contributed by atoms with E-state index in [4.69, 9.17) is 9.47 Å². The van der Waals surface area contributed by atoms with Gasteiger partial charge >= 0.3 is 11.9 Å². The first-order valence-corrected chi connectivity index (χ1v) is 10.0. The number of esters is 2. The summed E-state index contributed by atoms with van der Waals surface area (Å²) in [5.41, 5.74) is 2.66. The van der Waals surface area contributed by atoms with Crippen molar-refractivity contribution in [2.24, 2.45) is 10.8 Å². The molecule has 0 aliphatic rings. The third-order valence-electron chi connectivity index (χ3n) is 4.20. The Morgan fingerprint density at radius 3 is 1.54 bits per heavy atom. The molecule has 1 rings (SSSR count). The third-order valence-corrected chi connectivity index (χ3v) is 4.20. The van der Waals surface area contributed by atoms with Crippen LogP contribution in [-0.2, 0) is 37.7 Å². The lowest BCUT2D eigenvalue weighted by atomic mass is 9.85. The lowest BCUT2D eigenvalue weighted by molar-refractivity contribution is -0.148. The predicted octanol–water partition coefficient (Wildman–Crippen LogP) is 5.94. The molecule has 0 fully saturated rings. The summed E-state index contributed by atoms with van der Waals surface area (Å²) in [4.78, 5) is 24.2. The first-order chi connectivity index (χ1) is 12.6. The van der Waals surface area contributed by atoms with Crippen molar-refractivity contribution in [1.82, 2.24) is 0 Å². The molecule has 0 bridgehead atoms. The van der Waals surface area contributed by atoms with Crippen LogP contribution in [0.4, 0.5) is 0 Å². The lowest BCUT2D eigenvalue weighted by Crippen LogP contribution is -2.18. The van der Waals surface area contributed by atoms with Gasteiger partial charge in [-0.2, -0.15) is 0 Å². The van der Waals surface area contributed by atoms with E-state index in [1.54, 1.807) is 0 Å². The van der Waals surface area contributed by atoms with Crippen molar-refractivity contribution in [2.75, 3.05) is 0 Å². The zero-order valence-corrected chi connectivity index (χ0v) is 19.2. The standard InChI is InChI=1S/C24H38O4/c1-22(2,3)13-20(25)27-15-17-10-11-19(24(7,8)9)12-18(17)16-28-21(26)14-23(4,5)6/h10-12H,13-16H2,1-9H3. The van der Waals surface area contributed by atoms with Crippen molar-refractivity contribution in [2.45, 2.75) is 93.8 Å². The second-order valence-corrected chi connectivity index (χ2v) is 11.0. The summed E-state index contributed by atoms with van der Waals surface area (Å²) >= 11 is 0. The Hall–Kier alpha value is -1.84. The molecule has 0 saturated carbocycles. The summed E-state index contributed by atoms with van der Waals surface area (Å²) in [6.07, 6.45) is 0.727. The van der Waals surface area contributed by atoms with Crippen molar-refractivity contribution in [3.05, 3.63) is 34.9 Å². The van der Waals surface area contributed by atoms with Crippen LogP contribution in [0.1, 0.15) is 91.8 Å². The van der Waals surface area contributed by atoms with Crippen molar-refractivity contribution in [3.63, 3.8) is 0 Å². The molecule has 0 aromatic heterocycles. The lowest BCUT2D eigenvalue weighted by Gasteiger charge is -2.22. The summed E-state index contributed by atoms with van der Waals surface area (Å²) in [7, 11) is 0. The van der Waals surface area contributed by atoms with Gasteiger partial charge in [-0.15, -0.1) is 0 Å². The highest BCUT2D eigenvalue weighted by atomic mass is 16.5. The summed E-state index contributed by atoms with van der Waals surface area (Å²) in [6, 6.07) is 6.07. The van der Waals surface area contributed by atoms with E-state index in [1.807, 2.05) is 53.7 Å². The van der Waals surface area contributed by atoms with Crippen molar-refractivity contribution in [3.8, 4) is 0 Å². The minimum Gasteiger partial charge on any atom is -0.461 e. The van der Waals surface area contributed by atoms with Crippen molar-refractivity contribution < 1.29 is 19.1 Å². The normalized spacial score (nSPS) is 12.6. The van der Waals surface area contributed by atoms with E-state index in [2.05, 4.69) is 26.8 Å². The van der Waals surface area contributed by atoms with Crippen LogP contribution in [0.5, 0.6) is 0 Å². The average Bonchev–Trinajstić information content (AvgIpc) is 2.46. The molecule has 0 aliphatic heterocycles. The smallest absolute Gasteiger partial charge is 0.306 e. The number of rotatable bonds is 6. The van der Waals surface area contributed by atoms with E-state index < -0.39 is 0 Å². The van der Waals surface area contributed by atoms with E-state index in [-0.39, 0.29) is 41.4 Å². The van der Waals surface area contributed by atoms with Crippen LogP contribution in [0.2, 0.25) is 0 Å². The van der Waals surface area contributed by atoms with Crippen LogP contribution >= 0.6 is 0 Å². The van der Waals surface area contributed by atoms with Crippen molar-refractivity contribution >= 4 is 11.9 Å². The Morgan fingerprint density at radius 2 is 1.14 bits per heavy atom. The molecule has 0 aliphatic carbocycles. The highest BCUT2D eigenvalue weighted by Crippen LogP contribution is 2.27. The Labute approximate surface area is 171 Å². The van der Waals surface area contributed by atoms with Gasteiger partial charge in [0.25, 0.3) is 0 Å². The maximum atomic E-state index is 12.1. The van der Waals surface area contributed by atoms with Crippen LogP contribution < -0.4 is 0 Å². The monoisotopic (exact) mass is 390 g/mol. The zero-order chi connectivity index (χ0) is 21.8. The van der Waals surface area contributed by atoms with E-state index in [1.165, 1.54) is 0 Å². The van der Waals surface area contributed by atoms with Gasteiger partial charge in [0, 0.05) is 0 Å². The van der Waals surface area contributed by atoms with E-state index in [0.717, 1.165) is 16.7 Å². The molecule has 0 heterocycles. The van der Waals surface area contributed by atoms with Gasteiger partial charge in [0.2, 0.25) is 0 Å². The molecule has 1 aromatic carbocycles. The number of ether oxygens (including phenoxy) is 2. The summed E-state index contributed by atoms with van der Waals surface area (Å²) in [5.74, 6) is -0.438. The van der Waals surface area contributed by atoms with Crippen molar-refractivity contribution in [1.29, 1.82) is 0 Å². The summed E-state index contributed by atoms with van der Waals surface area (Å²) < 4.78 is 11.0. The molecule has 0 unspecified atom stereocenters. The quantitative estimate of drug-likeness (QED) is 0.564. The maximum absolute atomic E-state index is 12.1. The molecule has 0 radical (unpaired) electrons. The molecular weight excluding hydrogens is 352 g/mol. The molecule has 4 heteroatoms. The molecule has 0 amide bonds. The molecule has 0 saturated heterocycles. The van der Waals surface area contributed by atoms with Crippen LogP contribution in [-0.4, -0.2) is 11.9 Å². The van der Waals surface area contributed by atoms with Crippen LogP contribution in [0.25, 0.3) is 0 Å². The van der Waals surface area contributed by atoms with Crippen LogP contribution in [0.3, 0.4) is 0 Å². The summed E-state index contributed by atoms with van der Waals surface area (Å²) in [6.45, 7) is 18.8. The molecule has 4 nitrogen and oxygen atoms in total. The second-order valence-electron chi connectivity index (χ2n) is 11.0. The maximum Gasteiger partial charge on any atom is 0.306 e. The second kappa shape index (κ2) is 9.11. The van der Waals surface area contributed by atoms with E-state index >= 15 is 0 Å². The number of hydrogen-bond acceptors (Lipinski definition) is 4. The van der Waals surface area contributed by atoms with Gasteiger partial charge in [0.15, 0.2) is 0 Å². The fourth-order valence-corrected chi connectivity index (χ4v) is 2.65. The van der Waals surface area contributed by atoms with Crippen LogP contribution in [0.15, 0.2) is 18.2 Å². The van der Waals surface area contributed by atoms with Gasteiger partial charge in [-0.25, -0.2) is 0 Å². The number of benzene rings is 1. The molecule has 0 atom stereocenters. The van der Waals surface area contributed by atoms with Gasteiger partial charge in [-0.1, -0.05) is 80.5 Å². The highest BCUT2D eigenvalue weighted by Gasteiger charge is 2.21. The SMILES string of the molecule is CC(C)(C)CC(=O)OCc1ccc(C(C)(C)C)cc1COC(=O)CC(C)(C)C. The largest absolute Gasteiger partial charge is 0.461 e. The minimum atomic E-state index is -0.219. The number of carbonyl (C=O) groups excluding carboxylic acids is 2. The average molecular weight is 391 g/mol. The molecule has 158 valence electrons. The van der Waals surface area contributed by atoms with Gasteiger partial charge < -0.3 is 9.47 Å². The zero-order valence-electron chi connectivity index (χ0n) is 19.2. The Bertz CT molecular complexity index is 682. The first-order valence-electron chi connectivity index (χ1n) is 10.0. The molecule has 28 heavy (non-hydrogen) atoms. The van der Waals surface area contributed by atoms with Gasteiger partial charge in [0.1, 0.15) is 13.2 Å². The Balaban J connectivity index is 2.93. The molecule has 0 N–H and O–H groups in total. The van der Waals surface area contributed by atoms with Gasteiger partial charge in [0.05, 0.1) is 12.8 Å². The third kappa shape index (κ3) is 9.38. The Kier molecular flexibility index (Phi) is 7.87. The molecular formula is C24H38O4. The van der Waals surface area contributed by atoms with E-state index in [0.29, 0.717) is 12.8 Å². The predicted molar refractivity (Wildman–Crippen MR) is 113 cm³/mol. The number of hydrogen-bond donors (Lipinski definition) is 0. The topological polar surface area (TPSA) is 52.6 Å². The number of carbonyl (C=O) groups is 2. The fourth-order valence-electron chi connectivity index (χ4n) is 2.65. The fraction of sp³-hybridized carbons (Fsp3) is 0.667. The minimum absolute atomic E-state index is 0.0222. The summed E-state index contributed by atoms with van der Waals surface area (Å²) in [5, 5.41) is 0. The van der Waals surface area contributed by atoms with E-state index in [9.17, 15) is 9.59 Å². The van der Waals surface area contributed by atoms with Crippen LogP contribution in [0, 0.1) is 10.8 Å².